The van der Waals surface area contributed by atoms with E-state index in [1.807, 2.05) is 11.3 Å². The van der Waals surface area contributed by atoms with Gasteiger partial charge in [-0.2, -0.15) is 0 Å². The standard InChI is InChI=1S/C48H28N2SSe/c1-2-11-29(12-3-1)30-13-8-14-31(25-30)49(32-23-24-36-35-16-5-7-21-42(35)51-43(36)27-32)33-26-41-47-45(28-33)52-44-22-10-17-37(46(44)47)39-19-9-18-38-34-15-4-6-20-40(34)50(41)48(38)39/h1-28H. The van der Waals surface area contributed by atoms with E-state index in [1.165, 1.54) is 94.4 Å². The summed E-state index contributed by atoms with van der Waals surface area (Å²) < 4.78 is 8.10. The fraction of sp³-hybridized carbons (Fsp3) is 0. The van der Waals surface area contributed by atoms with Crippen LogP contribution in [-0.4, -0.2) is 18.9 Å². The Morgan fingerprint density at radius 3 is 2.02 bits per heavy atom. The number of hydrogen-bond acceptors (Lipinski definition) is 2. The average molecular weight is 744 g/mol. The van der Waals surface area contributed by atoms with Crippen molar-refractivity contribution in [3.8, 4) is 11.1 Å². The molecule has 2 nitrogen and oxygen atoms in total. The van der Waals surface area contributed by atoms with Gasteiger partial charge in [-0.1, -0.05) is 0 Å². The van der Waals surface area contributed by atoms with E-state index in [1.54, 1.807) is 0 Å². The summed E-state index contributed by atoms with van der Waals surface area (Å²) in [5.74, 6) is 0. The molecule has 8 aromatic carbocycles. The predicted octanol–water partition coefficient (Wildman–Crippen LogP) is 13.7. The van der Waals surface area contributed by atoms with Gasteiger partial charge in [-0.05, 0) is 0 Å². The molecule has 0 saturated carbocycles. The van der Waals surface area contributed by atoms with Crippen molar-refractivity contribution >= 4 is 120 Å². The van der Waals surface area contributed by atoms with Crippen LogP contribution in [0.25, 0.3) is 88.7 Å². The Hall–Kier alpha value is -5.90. The third-order valence-electron chi connectivity index (χ3n) is 10.9. The Kier molecular flexibility index (Phi) is 5.98. The van der Waals surface area contributed by atoms with E-state index in [0.29, 0.717) is 0 Å². The maximum absolute atomic E-state index is 2.57. The van der Waals surface area contributed by atoms with E-state index < -0.39 is 0 Å². The molecule has 4 aromatic heterocycles. The van der Waals surface area contributed by atoms with Gasteiger partial charge in [0.15, 0.2) is 0 Å². The molecule has 0 atom stereocenters. The normalized spacial score (nSPS) is 12.2. The van der Waals surface area contributed by atoms with Crippen molar-refractivity contribution in [3.05, 3.63) is 170 Å². The van der Waals surface area contributed by atoms with Crippen LogP contribution in [0, 0.1) is 0 Å². The number of aromatic nitrogens is 1. The maximum atomic E-state index is 2.57. The second kappa shape index (κ2) is 10.8. The van der Waals surface area contributed by atoms with Crippen LogP contribution in [-0.2, 0) is 0 Å². The van der Waals surface area contributed by atoms with E-state index in [2.05, 4.69) is 179 Å². The van der Waals surface area contributed by atoms with Gasteiger partial charge in [0.25, 0.3) is 0 Å². The van der Waals surface area contributed by atoms with Crippen LogP contribution in [0.4, 0.5) is 17.1 Å². The van der Waals surface area contributed by atoms with Crippen molar-refractivity contribution < 1.29 is 0 Å². The van der Waals surface area contributed by atoms with Crippen LogP contribution in [0.5, 0.6) is 0 Å². The second-order valence-electron chi connectivity index (χ2n) is 13.7. The van der Waals surface area contributed by atoms with Gasteiger partial charge >= 0.3 is 311 Å². The van der Waals surface area contributed by atoms with Crippen molar-refractivity contribution in [2.45, 2.75) is 0 Å². The van der Waals surface area contributed by atoms with Gasteiger partial charge in [0, 0.05) is 0 Å². The molecule has 242 valence electrons. The molecule has 0 saturated heterocycles. The van der Waals surface area contributed by atoms with Crippen LogP contribution < -0.4 is 4.90 Å². The molecule has 0 aliphatic rings. The number of hydrogen-bond donors (Lipinski definition) is 0. The molecule has 0 unspecified atom stereocenters. The quantitative estimate of drug-likeness (QED) is 0.163. The monoisotopic (exact) mass is 744 g/mol. The molecule has 0 fully saturated rings. The summed E-state index contributed by atoms with van der Waals surface area (Å²) in [4.78, 5) is 2.49. The summed E-state index contributed by atoms with van der Waals surface area (Å²) in [6.45, 7) is 0. The van der Waals surface area contributed by atoms with Crippen molar-refractivity contribution in [1.29, 1.82) is 0 Å². The van der Waals surface area contributed by atoms with Crippen molar-refractivity contribution in [3.63, 3.8) is 0 Å². The van der Waals surface area contributed by atoms with Crippen LogP contribution >= 0.6 is 11.3 Å². The van der Waals surface area contributed by atoms with Gasteiger partial charge in [0.2, 0.25) is 0 Å². The number of fused-ring (bicyclic) bond motifs is 8. The molecule has 12 rings (SSSR count). The molecular formula is C48H28N2SSe. The SMILES string of the molecule is c1ccc(-c2cccc(N(c3ccc4c(c3)sc3ccccc34)c3cc4[se]c5cccc6c7cccc8c9ccccc9n(c(c3)c4c56)c78)c2)cc1. The topological polar surface area (TPSA) is 7.65 Å². The molecule has 4 heterocycles. The van der Waals surface area contributed by atoms with E-state index in [4.69, 9.17) is 0 Å². The zero-order chi connectivity index (χ0) is 33.9. The van der Waals surface area contributed by atoms with Crippen LogP contribution in [0.2, 0.25) is 0 Å². The third-order valence-corrected chi connectivity index (χ3v) is 14.3. The van der Waals surface area contributed by atoms with Crippen molar-refractivity contribution in [1.82, 2.24) is 4.40 Å². The van der Waals surface area contributed by atoms with Crippen LogP contribution in [0.15, 0.2) is 170 Å². The summed E-state index contributed by atoms with van der Waals surface area (Å²) in [6, 6.07) is 63.3. The van der Waals surface area contributed by atoms with Gasteiger partial charge in [-0.25, -0.2) is 0 Å². The Balaban J connectivity index is 1.22. The third kappa shape index (κ3) is 4.00. The number of benzene rings is 8. The van der Waals surface area contributed by atoms with E-state index in [0.717, 1.165) is 11.4 Å². The Bertz CT molecular complexity index is 3370. The Labute approximate surface area is 309 Å². The summed E-state index contributed by atoms with van der Waals surface area (Å²) in [5.41, 5.74) is 9.73. The first kappa shape index (κ1) is 28.8. The number of anilines is 3. The molecule has 0 aliphatic carbocycles. The zero-order valence-electron chi connectivity index (χ0n) is 27.9. The Morgan fingerprint density at radius 1 is 0.404 bits per heavy atom. The van der Waals surface area contributed by atoms with E-state index >= 15 is 0 Å². The van der Waals surface area contributed by atoms with Gasteiger partial charge in [0.1, 0.15) is 0 Å². The number of para-hydroxylation sites is 2. The van der Waals surface area contributed by atoms with Crippen LogP contribution in [0.1, 0.15) is 0 Å². The first-order valence-corrected chi connectivity index (χ1v) is 20.2. The number of nitrogens with zero attached hydrogens (tertiary/aromatic N) is 2. The van der Waals surface area contributed by atoms with Gasteiger partial charge in [-0.3, -0.25) is 0 Å². The molecule has 4 heteroatoms. The van der Waals surface area contributed by atoms with E-state index in [-0.39, 0.29) is 14.5 Å². The number of thiophene rings is 1. The summed E-state index contributed by atoms with van der Waals surface area (Å²) >= 11 is 2.05. The summed E-state index contributed by atoms with van der Waals surface area (Å²) in [7, 11) is 0. The molecule has 12 aromatic rings. The van der Waals surface area contributed by atoms with E-state index in [9.17, 15) is 0 Å². The summed E-state index contributed by atoms with van der Waals surface area (Å²) in [6.07, 6.45) is 0. The molecular weight excluding hydrogens is 716 g/mol. The van der Waals surface area contributed by atoms with Gasteiger partial charge in [0.05, 0.1) is 0 Å². The van der Waals surface area contributed by atoms with Gasteiger partial charge < -0.3 is 0 Å². The molecule has 0 amide bonds. The van der Waals surface area contributed by atoms with Gasteiger partial charge in [-0.15, -0.1) is 0 Å². The van der Waals surface area contributed by atoms with Crippen molar-refractivity contribution in [2.24, 2.45) is 0 Å². The molecule has 0 aliphatic heterocycles. The fourth-order valence-corrected chi connectivity index (χ4v) is 12.3. The average Bonchev–Trinajstić information content (AvgIpc) is 3.85. The zero-order valence-corrected chi connectivity index (χ0v) is 30.4. The first-order chi connectivity index (χ1) is 25.8. The molecule has 0 radical (unpaired) electrons. The predicted molar refractivity (Wildman–Crippen MR) is 226 cm³/mol. The summed E-state index contributed by atoms with van der Waals surface area (Å²) in [5, 5.41) is 10.7. The molecule has 52 heavy (non-hydrogen) atoms. The molecule has 0 bridgehead atoms. The minimum absolute atomic E-state index is 0.173. The minimum atomic E-state index is 0.173. The molecule has 0 N–H and O–H groups in total. The van der Waals surface area contributed by atoms with Crippen molar-refractivity contribution in [2.75, 3.05) is 4.90 Å². The molecule has 0 spiro atoms. The second-order valence-corrected chi connectivity index (χ2v) is 17.1. The van der Waals surface area contributed by atoms with Crippen LogP contribution in [0.3, 0.4) is 0 Å². The number of rotatable bonds is 4. The fourth-order valence-electron chi connectivity index (χ4n) is 8.68. The Morgan fingerprint density at radius 2 is 1.10 bits per heavy atom. The first-order valence-electron chi connectivity index (χ1n) is 17.7.